The van der Waals surface area contributed by atoms with Crippen LogP contribution in [-0.2, 0) is 11.3 Å². The summed E-state index contributed by atoms with van der Waals surface area (Å²) in [4.78, 5) is 13.9. The highest BCUT2D eigenvalue weighted by Gasteiger charge is 2.17. The predicted octanol–water partition coefficient (Wildman–Crippen LogP) is 1.87. The van der Waals surface area contributed by atoms with E-state index in [2.05, 4.69) is 39.7 Å². The molecule has 0 saturated carbocycles. The largest absolute Gasteiger partial charge is 0.465 e. The molecule has 0 bridgehead atoms. The Morgan fingerprint density at radius 3 is 3.00 bits per heavy atom. The van der Waals surface area contributed by atoms with Crippen molar-refractivity contribution >= 4 is 28.6 Å². The van der Waals surface area contributed by atoms with Gasteiger partial charge in [-0.1, -0.05) is 6.07 Å². The summed E-state index contributed by atoms with van der Waals surface area (Å²) in [6.45, 7) is 6.31. The second kappa shape index (κ2) is 6.67. The summed E-state index contributed by atoms with van der Waals surface area (Å²) in [5.41, 5.74) is 1.88. The summed E-state index contributed by atoms with van der Waals surface area (Å²) < 4.78 is 5.85. The molecule has 0 aliphatic carbocycles. The normalized spacial score (nSPS) is 20.3. The number of carbonyl (C=O) groups is 1. The molecule has 1 atom stereocenters. The van der Waals surface area contributed by atoms with Crippen LogP contribution in [0.1, 0.15) is 22.8 Å². The molecule has 0 spiro atoms. The predicted molar refractivity (Wildman–Crippen MR) is 83.2 cm³/mol. The lowest BCUT2D eigenvalue weighted by molar-refractivity contribution is 0.0600. The molecule has 5 heteroatoms. The standard InChI is InChI=1S/C14H19IN2O2/c1-10-8-17(6-5-16-10)9-12-4-3-11(7-13(12)15)14(18)19-2/h3-4,7,10,16H,5-6,8-9H2,1-2H3/t10-/m0/s1. The summed E-state index contributed by atoms with van der Waals surface area (Å²) in [5, 5.41) is 3.44. The van der Waals surface area contributed by atoms with Crippen LogP contribution in [0.25, 0.3) is 0 Å². The smallest absolute Gasteiger partial charge is 0.337 e. The van der Waals surface area contributed by atoms with Gasteiger partial charge in [-0.15, -0.1) is 0 Å². The van der Waals surface area contributed by atoms with E-state index >= 15 is 0 Å². The zero-order chi connectivity index (χ0) is 13.8. The molecule has 2 rings (SSSR count). The average Bonchev–Trinajstić information content (AvgIpc) is 2.40. The van der Waals surface area contributed by atoms with Crippen molar-refractivity contribution in [2.45, 2.75) is 19.5 Å². The SMILES string of the molecule is COC(=O)c1ccc(CN2CCN[C@@H](C)C2)c(I)c1. The fourth-order valence-corrected chi connectivity index (χ4v) is 3.00. The van der Waals surface area contributed by atoms with E-state index in [-0.39, 0.29) is 5.97 Å². The lowest BCUT2D eigenvalue weighted by atomic mass is 10.1. The number of hydrogen-bond donors (Lipinski definition) is 1. The van der Waals surface area contributed by atoms with Crippen LogP contribution in [-0.4, -0.2) is 43.7 Å². The Kier molecular flexibility index (Phi) is 5.18. The summed E-state index contributed by atoms with van der Waals surface area (Å²) in [7, 11) is 1.41. The molecule has 1 aromatic carbocycles. The molecule has 1 N–H and O–H groups in total. The Bertz CT molecular complexity index is 465. The molecular formula is C14H19IN2O2. The minimum Gasteiger partial charge on any atom is -0.465 e. The van der Waals surface area contributed by atoms with Crippen LogP contribution in [0.15, 0.2) is 18.2 Å². The van der Waals surface area contributed by atoms with Gasteiger partial charge in [0.25, 0.3) is 0 Å². The zero-order valence-corrected chi connectivity index (χ0v) is 13.4. The van der Waals surface area contributed by atoms with E-state index in [1.807, 2.05) is 18.2 Å². The maximum atomic E-state index is 11.5. The van der Waals surface area contributed by atoms with Crippen molar-refractivity contribution in [3.8, 4) is 0 Å². The van der Waals surface area contributed by atoms with Gasteiger partial charge < -0.3 is 10.1 Å². The molecule has 1 saturated heterocycles. The van der Waals surface area contributed by atoms with Crippen LogP contribution in [0.4, 0.5) is 0 Å². The quantitative estimate of drug-likeness (QED) is 0.648. The molecule has 0 radical (unpaired) electrons. The minimum absolute atomic E-state index is 0.278. The number of esters is 1. The van der Waals surface area contributed by atoms with Crippen molar-refractivity contribution in [3.63, 3.8) is 0 Å². The molecular weight excluding hydrogens is 355 g/mol. The first-order valence-corrected chi connectivity index (χ1v) is 7.50. The molecule has 1 aliphatic heterocycles. The highest BCUT2D eigenvalue weighted by Crippen LogP contribution is 2.18. The molecule has 4 nitrogen and oxygen atoms in total. The van der Waals surface area contributed by atoms with Crippen molar-refractivity contribution in [1.29, 1.82) is 0 Å². The van der Waals surface area contributed by atoms with Crippen molar-refractivity contribution in [2.75, 3.05) is 26.7 Å². The van der Waals surface area contributed by atoms with Gasteiger partial charge in [-0.3, -0.25) is 4.90 Å². The van der Waals surface area contributed by atoms with E-state index in [0.29, 0.717) is 11.6 Å². The molecule has 0 aromatic heterocycles. The Morgan fingerprint density at radius 2 is 2.37 bits per heavy atom. The number of methoxy groups -OCH3 is 1. The zero-order valence-electron chi connectivity index (χ0n) is 11.3. The average molecular weight is 374 g/mol. The van der Waals surface area contributed by atoms with Crippen LogP contribution in [0.2, 0.25) is 0 Å². The fraction of sp³-hybridized carbons (Fsp3) is 0.500. The number of nitrogens with one attached hydrogen (secondary N) is 1. The first-order valence-electron chi connectivity index (χ1n) is 6.42. The van der Waals surface area contributed by atoms with Crippen molar-refractivity contribution < 1.29 is 9.53 Å². The molecule has 0 unspecified atom stereocenters. The summed E-state index contributed by atoms with van der Waals surface area (Å²) >= 11 is 2.29. The number of benzene rings is 1. The Balaban J connectivity index is 2.06. The van der Waals surface area contributed by atoms with Crippen molar-refractivity contribution in [1.82, 2.24) is 10.2 Å². The Morgan fingerprint density at radius 1 is 1.58 bits per heavy atom. The number of carbonyl (C=O) groups excluding carboxylic acids is 1. The Labute approximate surface area is 127 Å². The van der Waals surface area contributed by atoms with Gasteiger partial charge in [-0.25, -0.2) is 4.79 Å². The number of rotatable bonds is 3. The molecule has 19 heavy (non-hydrogen) atoms. The van der Waals surface area contributed by atoms with Crippen LogP contribution >= 0.6 is 22.6 Å². The molecule has 1 fully saturated rings. The molecule has 1 aromatic rings. The number of piperazine rings is 1. The third-order valence-electron chi connectivity index (χ3n) is 3.32. The van der Waals surface area contributed by atoms with Crippen molar-refractivity contribution in [3.05, 3.63) is 32.9 Å². The van der Waals surface area contributed by atoms with Crippen LogP contribution in [0, 0.1) is 3.57 Å². The van der Waals surface area contributed by atoms with Gasteiger partial charge in [0.1, 0.15) is 0 Å². The molecule has 1 heterocycles. The van der Waals surface area contributed by atoms with Gasteiger partial charge in [0, 0.05) is 35.8 Å². The first-order chi connectivity index (χ1) is 9.10. The van der Waals surface area contributed by atoms with E-state index in [1.54, 1.807) is 0 Å². The lowest BCUT2D eigenvalue weighted by Gasteiger charge is -2.32. The summed E-state index contributed by atoms with van der Waals surface area (Å²) in [5.74, 6) is -0.278. The van der Waals surface area contributed by atoms with Gasteiger partial charge >= 0.3 is 5.97 Å². The van der Waals surface area contributed by atoms with Gasteiger partial charge in [0.2, 0.25) is 0 Å². The number of hydrogen-bond acceptors (Lipinski definition) is 4. The third kappa shape index (κ3) is 3.90. The lowest BCUT2D eigenvalue weighted by Crippen LogP contribution is -2.48. The summed E-state index contributed by atoms with van der Waals surface area (Å²) in [6, 6.07) is 6.31. The van der Waals surface area contributed by atoms with Gasteiger partial charge in [-0.05, 0) is 47.2 Å². The monoisotopic (exact) mass is 374 g/mol. The molecule has 0 amide bonds. The van der Waals surface area contributed by atoms with E-state index < -0.39 is 0 Å². The van der Waals surface area contributed by atoms with Crippen LogP contribution in [0.3, 0.4) is 0 Å². The van der Waals surface area contributed by atoms with Gasteiger partial charge in [0.05, 0.1) is 12.7 Å². The van der Waals surface area contributed by atoms with Crippen molar-refractivity contribution in [2.24, 2.45) is 0 Å². The summed E-state index contributed by atoms with van der Waals surface area (Å²) in [6.07, 6.45) is 0. The highest BCUT2D eigenvalue weighted by atomic mass is 127. The second-order valence-electron chi connectivity index (χ2n) is 4.89. The minimum atomic E-state index is -0.278. The van der Waals surface area contributed by atoms with Crippen LogP contribution < -0.4 is 5.32 Å². The number of halogens is 1. The Hall–Kier alpha value is -0.660. The van der Waals surface area contributed by atoms with E-state index in [9.17, 15) is 4.79 Å². The number of nitrogens with zero attached hydrogens (tertiary/aromatic N) is 1. The van der Waals surface area contributed by atoms with Gasteiger partial charge in [0.15, 0.2) is 0 Å². The third-order valence-corrected chi connectivity index (χ3v) is 4.33. The molecule has 1 aliphatic rings. The van der Waals surface area contributed by atoms with Gasteiger partial charge in [-0.2, -0.15) is 0 Å². The maximum absolute atomic E-state index is 11.5. The second-order valence-corrected chi connectivity index (χ2v) is 6.05. The van der Waals surface area contributed by atoms with E-state index in [1.165, 1.54) is 12.7 Å². The fourth-order valence-electron chi connectivity index (χ4n) is 2.32. The number of ether oxygens (including phenoxy) is 1. The first kappa shape index (κ1) is 14.7. The molecule has 104 valence electrons. The maximum Gasteiger partial charge on any atom is 0.337 e. The highest BCUT2D eigenvalue weighted by molar-refractivity contribution is 14.1. The van der Waals surface area contributed by atoms with E-state index in [0.717, 1.165) is 29.7 Å². The topological polar surface area (TPSA) is 41.6 Å². The van der Waals surface area contributed by atoms with E-state index in [4.69, 9.17) is 4.74 Å². The van der Waals surface area contributed by atoms with Crippen LogP contribution in [0.5, 0.6) is 0 Å².